The Balaban J connectivity index is 0. The summed E-state index contributed by atoms with van der Waals surface area (Å²) >= 11 is 2.02. The Labute approximate surface area is 214 Å². The zero-order chi connectivity index (χ0) is 24.8. The van der Waals surface area contributed by atoms with E-state index in [1.807, 2.05) is 17.3 Å². The van der Waals surface area contributed by atoms with E-state index < -0.39 is 0 Å². The molecule has 0 fully saturated rings. The van der Waals surface area contributed by atoms with Crippen molar-refractivity contribution in [2.75, 3.05) is 40.0 Å². The van der Waals surface area contributed by atoms with E-state index in [9.17, 15) is 0 Å². The van der Waals surface area contributed by atoms with Crippen LogP contribution >= 0.6 is 33.5 Å². The first-order valence-electron chi connectivity index (χ1n) is 10.3. The first-order chi connectivity index (χ1) is 15.3. The molecule has 0 N–H and O–H groups in total. The summed E-state index contributed by atoms with van der Waals surface area (Å²) in [4.78, 5) is 8.68. The van der Waals surface area contributed by atoms with Crippen LogP contribution in [0.25, 0.3) is 0 Å². The molecule has 1 nitrogen and oxygen atoms in total. The zero-order valence-electron chi connectivity index (χ0n) is 20.3. The van der Waals surface area contributed by atoms with E-state index >= 15 is 0 Å². The van der Waals surface area contributed by atoms with Crippen LogP contribution in [0.4, 0.5) is 0 Å². The number of benzene rings is 3. The molecule has 0 atom stereocenters. The van der Waals surface area contributed by atoms with Gasteiger partial charge in [-0.1, -0.05) is 54.6 Å². The van der Waals surface area contributed by atoms with E-state index in [-0.39, 0.29) is 23.8 Å². The molecule has 0 unspecified atom stereocenters. The summed E-state index contributed by atoms with van der Waals surface area (Å²) in [7, 11) is 3.89. The van der Waals surface area contributed by atoms with Crippen molar-refractivity contribution in [1.82, 2.24) is 0 Å². The van der Waals surface area contributed by atoms with E-state index in [2.05, 4.69) is 141 Å². The molecule has 0 heterocycles. The third-order valence-electron chi connectivity index (χ3n) is 4.05. The van der Waals surface area contributed by atoms with Crippen molar-refractivity contribution in [2.24, 2.45) is 0 Å². The van der Waals surface area contributed by atoms with Gasteiger partial charge in [0.2, 0.25) is 0 Å². The molecule has 0 saturated carbocycles. The molecule has 3 aromatic carbocycles. The second-order valence-electron chi connectivity index (χ2n) is 7.30. The molecule has 0 aliphatic heterocycles. The molecule has 0 radical (unpaired) electrons. The van der Waals surface area contributed by atoms with E-state index in [1.54, 1.807) is 0 Å². The van der Waals surface area contributed by atoms with Crippen molar-refractivity contribution < 1.29 is 22.1 Å². The van der Waals surface area contributed by atoms with Crippen LogP contribution in [-0.2, 0) is 22.1 Å². The van der Waals surface area contributed by atoms with Gasteiger partial charge in [0.25, 0.3) is 0 Å². The minimum atomic E-state index is -0.212. The predicted molar refractivity (Wildman–Crippen MR) is 156 cm³/mol. The van der Waals surface area contributed by atoms with Crippen molar-refractivity contribution >= 4 is 55.7 Å². The Morgan fingerprint density at radius 2 is 0.688 bits per heavy atom. The van der Waals surface area contributed by atoms with Gasteiger partial charge in [0.05, 0.1) is 55.9 Å². The van der Waals surface area contributed by atoms with E-state index in [0.29, 0.717) is 0 Å². The molecule has 0 bridgehead atoms. The van der Waals surface area contributed by atoms with Gasteiger partial charge in [0, 0.05) is 23.8 Å². The number of hydrogen-bond donors (Lipinski definition) is 0. The van der Waals surface area contributed by atoms with E-state index in [0.717, 1.165) is 0 Å². The third-order valence-corrected chi connectivity index (χ3v) is 8.52. The van der Waals surface area contributed by atoms with E-state index in [4.69, 9.17) is 4.79 Å². The molecule has 3 aromatic rings. The molecule has 0 saturated heterocycles. The Morgan fingerprint density at radius 3 is 0.781 bits per heavy atom. The number of carbonyl (C=O) groups excluding carboxylic acids is 1. The summed E-state index contributed by atoms with van der Waals surface area (Å²) in [6, 6.07) is 32.0. The van der Waals surface area contributed by atoms with Gasteiger partial charge in [-0.25, -0.2) is 0 Å². The first-order valence-corrected chi connectivity index (χ1v) is 19.9. The van der Waals surface area contributed by atoms with Crippen molar-refractivity contribution in [3.63, 3.8) is 0 Å². The fourth-order valence-electron chi connectivity index (χ4n) is 2.31. The van der Waals surface area contributed by atoms with Gasteiger partial charge in [0.15, 0.2) is 0 Å². The van der Waals surface area contributed by atoms with Gasteiger partial charge < -0.3 is 4.79 Å². The van der Waals surface area contributed by atoms with Gasteiger partial charge in [-0.3, -0.25) is 6.29 Å². The third kappa shape index (κ3) is 19.0. The van der Waals surface area contributed by atoms with Crippen LogP contribution in [0.15, 0.2) is 91.0 Å². The standard InChI is InChI=1S/3C8H11P.C2H3O.ClH.Rh/c3*1-9(2)8-6-4-3-5-7-8;1-2-3;;/h3*3-7H,1-2H3;1H3;1H;/q;;;-1;;+3/p+2. The topological polar surface area (TPSA) is 17.1 Å². The summed E-state index contributed by atoms with van der Waals surface area (Å²) in [6.45, 7) is 15.2. The van der Waals surface area contributed by atoms with Crippen molar-refractivity contribution in [3.05, 3.63) is 91.0 Å². The molecule has 0 aliphatic carbocycles. The Morgan fingerprint density at radius 1 is 0.531 bits per heavy atom. The summed E-state index contributed by atoms with van der Waals surface area (Å²) in [5.41, 5.74) is 0. The maximum absolute atomic E-state index is 8.68. The number of rotatable bonds is 3. The Kier molecular flexibility index (Phi) is 24.9. The molecular weight excluding hydrogens is 560 g/mol. The molecule has 32 heavy (non-hydrogen) atoms. The number of halogens is 1. The summed E-state index contributed by atoms with van der Waals surface area (Å²) in [6.07, 6.45) is 1.50. The molecule has 176 valence electrons. The fraction of sp³-hybridized carbons (Fsp3) is 0.269. The fourth-order valence-corrected chi connectivity index (χ4v) is 4.89. The molecule has 0 aromatic heterocycles. The average molecular weight is 599 g/mol. The second-order valence-corrected chi connectivity index (χ2v) is 15.0. The molecule has 0 amide bonds. The monoisotopic (exact) mass is 598 g/mol. The van der Waals surface area contributed by atoms with Crippen LogP contribution < -0.4 is 15.9 Å². The molecular formula is C26H39ClOP3Rh+4. The molecule has 0 aliphatic rings. The van der Waals surface area contributed by atoms with Gasteiger partial charge in [0.1, 0.15) is 0 Å². The summed E-state index contributed by atoms with van der Waals surface area (Å²) < 4.78 is 0. The second kappa shape index (κ2) is 23.7. The van der Waals surface area contributed by atoms with Gasteiger partial charge in [-0.2, -0.15) is 6.92 Å². The van der Waals surface area contributed by atoms with Crippen LogP contribution in [0.1, 0.15) is 6.92 Å². The molecule has 0 spiro atoms. The van der Waals surface area contributed by atoms with Crippen LogP contribution in [0.2, 0.25) is 0 Å². The minimum absolute atomic E-state index is 0.212. The van der Waals surface area contributed by atoms with Gasteiger partial charge in [-0.05, 0) is 36.4 Å². The predicted octanol–water partition coefficient (Wildman–Crippen LogP) is 6.16. The Bertz CT molecular complexity index is 667. The van der Waals surface area contributed by atoms with Crippen molar-refractivity contribution in [2.45, 2.75) is 6.92 Å². The quantitative estimate of drug-likeness (QED) is 0.201. The maximum atomic E-state index is 8.68. The first kappa shape index (κ1) is 33.7. The van der Waals surface area contributed by atoms with Crippen LogP contribution in [0.5, 0.6) is 0 Å². The molecule has 3 rings (SSSR count). The summed E-state index contributed by atoms with van der Waals surface area (Å²) in [5, 5.41) is 4.55. The van der Waals surface area contributed by atoms with Crippen LogP contribution in [0, 0.1) is 0 Å². The average Bonchev–Trinajstić information content (AvgIpc) is 2.83. The summed E-state index contributed by atoms with van der Waals surface area (Å²) in [5.74, 6) is 0. The zero-order valence-corrected chi connectivity index (χ0v) is 25.7. The SMILES string of the molecule is C[C-]=O.C[PH+](C)c1ccccc1.C[PH+](C)c1ccccc1.C[PH+](C)c1ccccc1.[Cl][Rh+2]. The van der Waals surface area contributed by atoms with Gasteiger partial charge >= 0.3 is 27.0 Å². The number of hydrogen-bond acceptors (Lipinski definition) is 1. The Hall–Kier alpha value is -0.467. The van der Waals surface area contributed by atoms with Crippen molar-refractivity contribution in [3.8, 4) is 0 Å². The normalized spacial score (nSPS) is 9.12. The van der Waals surface area contributed by atoms with Gasteiger partial charge in [-0.15, -0.1) is 0 Å². The van der Waals surface area contributed by atoms with Crippen LogP contribution in [0.3, 0.4) is 0 Å². The molecule has 6 heteroatoms. The van der Waals surface area contributed by atoms with Crippen LogP contribution in [-0.4, -0.2) is 46.3 Å². The van der Waals surface area contributed by atoms with E-state index in [1.165, 1.54) is 29.1 Å². The van der Waals surface area contributed by atoms with Crippen molar-refractivity contribution in [1.29, 1.82) is 0 Å².